The van der Waals surface area contributed by atoms with Gasteiger partial charge in [0.2, 0.25) is 0 Å². The Morgan fingerprint density at radius 3 is 1.74 bits per heavy atom. The summed E-state index contributed by atoms with van der Waals surface area (Å²) < 4.78 is 37.4. The number of aryl methyl sites for hydroxylation is 1. The minimum atomic E-state index is -2.15. The fourth-order valence-corrected chi connectivity index (χ4v) is 14.5. The van der Waals surface area contributed by atoms with Crippen molar-refractivity contribution in [1.29, 1.82) is 0 Å². The van der Waals surface area contributed by atoms with Crippen LogP contribution in [0.25, 0.3) is 6.08 Å². The van der Waals surface area contributed by atoms with Gasteiger partial charge in [0.1, 0.15) is 24.6 Å². The zero-order valence-electron chi connectivity index (χ0n) is 35.7. The third kappa shape index (κ3) is 10.9. The summed E-state index contributed by atoms with van der Waals surface area (Å²) in [5.41, 5.74) is 2.54. The van der Waals surface area contributed by atoms with Gasteiger partial charge in [-0.05, 0) is 74.6 Å². The van der Waals surface area contributed by atoms with E-state index >= 15 is 0 Å². The molecule has 0 amide bonds. The average molecular weight is 782 g/mol. The topological polar surface area (TPSA) is 68.2 Å². The first kappa shape index (κ1) is 44.7. The number of benzene rings is 1. The maximum absolute atomic E-state index is 14.2. The Morgan fingerprint density at radius 2 is 1.24 bits per heavy atom. The monoisotopic (exact) mass is 782 g/mol. The number of unbranched alkanes of at least 4 members (excludes halogenated alkanes) is 8. The van der Waals surface area contributed by atoms with E-state index in [0.29, 0.717) is 17.9 Å². The van der Waals surface area contributed by atoms with Crippen LogP contribution in [0.1, 0.15) is 143 Å². The van der Waals surface area contributed by atoms with Gasteiger partial charge in [-0.15, -0.1) is 0 Å². The van der Waals surface area contributed by atoms with Crippen molar-refractivity contribution >= 4 is 22.7 Å². The molecule has 2 aromatic rings. The zero-order valence-corrected chi connectivity index (χ0v) is 37.7. The normalized spacial score (nSPS) is 22.7. The molecule has 0 spiro atoms. The number of nitrogens with zero attached hydrogens (tertiary/aromatic N) is 1. The van der Waals surface area contributed by atoms with Gasteiger partial charge in [0.15, 0.2) is 22.4 Å². The third-order valence-corrected chi connectivity index (χ3v) is 21.9. The van der Waals surface area contributed by atoms with E-state index in [9.17, 15) is 4.79 Å². The van der Waals surface area contributed by atoms with Crippen LogP contribution in [-0.4, -0.2) is 51.4 Å². The summed E-state index contributed by atoms with van der Waals surface area (Å²) >= 11 is 0. The second-order valence-corrected chi connectivity index (χ2v) is 25.9. The van der Waals surface area contributed by atoms with Crippen molar-refractivity contribution in [1.82, 2.24) is 4.57 Å². The molecule has 1 aromatic heterocycles. The van der Waals surface area contributed by atoms with Gasteiger partial charge < -0.3 is 27.6 Å². The molecule has 0 radical (unpaired) electrons. The zero-order chi connectivity index (χ0) is 39.4. The highest BCUT2D eigenvalue weighted by molar-refractivity contribution is 6.74. The van der Waals surface area contributed by atoms with Crippen LogP contribution in [0.5, 0.6) is 5.75 Å². The third-order valence-electron chi connectivity index (χ3n) is 12.6. The Kier molecular flexibility index (Phi) is 17.3. The van der Waals surface area contributed by atoms with E-state index in [1.54, 1.807) is 4.57 Å². The SMILES string of the molecule is CCCCCCCCCC/C=C/c1c(OCc2ccccc2)c(C2[C@@H](O[Si](CC)(CC)CC)[C@H]3OC(C)(C)O[C@H]3[C@H]2O[Si](CC)(CC)CC)cn(C)c1=O. The van der Waals surface area contributed by atoms with Crippen molar-refractivity contribution in [3.8, 4) is 5.75 Å². The molecular formula is C45H75NO6Si2. The summed E-state index contributed by atoms with van der Waals surface area (Å²) in [6.07, 6.45) is 16.1. The van der Waals surface area contributed by atoms with E-state index in [4.69, 9.17) is 23.1 Å². The summed E-state index contributed by atoms with van der Waals surface area (Å²) in [6.45, 7) is 20.3. The van der Waals surface area contributed by atoms with E-state index < -0.39 is 22.4 Å². The van der Waals surface area contributed by atoms with Crippen LogP contribution in [0, 0.1) is 0 Å². The molecule has 5 atom stereocenters. The Hall–Kier alpha value is -2.02. The minimum Gasteiger partial charge on any atom is -0.488 e. The van der Waals surface area contributed by atoms with Gasteiger partial charge in [0.05, 0.1) is 17.8 Å². The minimum absolute atomic E-state index is 0.0606. The molecule has 304 valence electrons. The molecule has 1 aliphatic carbocycles. The van der Waals surface area contributed by atoms with Crippen molar-refractivity contribution in [2.75, 3.05) is 0 Å². The maximum atomic E-state index is 14.2. The molecule has 2 fully saturated rings. The number of hydrogen-bond acceptors (Lipinski definition) is 6. The van der Waals surface area contributed by atoms with E-state index in [1.165, 1.54) is 44.9 Å². The van der Waals surface area contributed by atoms with Crippen LogP contribution in [0.15, 0.2) is 47.4 Å². The summed E-state index contributed by atoms with van der Waals surface area (Å²) in [7, 11) is -2.44. The van der Waals surface area contributed by atoms with Gasteiger partial charge in [0.25, 0.3) is 5.56 Å². The Morgan fingerprint density at radius 1 is 0.741 bits per heavy atom. The molecule has 7 nitrogen and oxygen atoms in total. The maximum Gasteiger partial charge on any atom is 0.261 e. The largest absolute Gasteiger partial charge is 0.488 e. The smallest absolute Gasteiger partial charge is 0.261 e. The molecular weight excluding hydrogens is 707 g/mol. The predicted octanol–water partition coefficient (Wildman–Crippen LogP) is 11.9. The lowest BCUT2D eigenvalue weighted by atomic mass is 9.92. The Balaban J connectivity index is 1.84. The standard InChI is InChI=1S/C45H75NO6Si2/c1-11-18-19-20-21-22-23-24-25-29-32-36-39(48-34-35-30-27-26-28-31-35)37(33-46(10)44(36)47)38-40(51-53(12-2,13-3)14-4)42-43(50-45(8,9)49-42)41(38)52-54(15-5,16-6)17-7/h26-33,38,40-43H,11-25,34H2,1-10H3/b32-29+/t38?,40-,41+,42-,43+. The summed E-state index contributed by atoms with van der Waals surface area (Å²) in [4.78, 5) is 14.2. The van der Waals surface area contributed by atoms with E-state index in [-0.39, 0.29) is 35.9 Å². The summed E-state index contributed by atoms with van der Waals surface area (Å²) in [6, 6.07) is 16.4. The quantitative estimate of drug-likeness (QED) is 0.0780. The first-order valence-corrected chi connectivity index (χ1v) is 26.8. The number of fused-ring (bicyclic) bond motifs is 1. The second kappa shape index (κ2) is 20.9. The van der Waals surface area contributed by atoms with Gasteiger partial charge in [-0.25, -0.2) is 0 Å². The van der Waals surface area contributed by atoms with Crippen LogP contribution in [0.2, 0.25) is 36.3 Å². The van der Waals surface area contributed by atoms with Crippen molar-refractivity contribution < 1.29 is 23.1 Å². The highest BCUT2D eigenvalue weighted by atomic mass is 28.4. The van der Waals surface area contributed by atoms with Gasteiger partial charge in [-0.1, -0.05) is 130 Å². The molecule has 1 unspecified atom stereocenters. The van der Waals surface area contributed by atoms with Crippen molar-refractivity contribution in [3.05, 3.63) is 69.6 Å². The van der Waals surface area contributed by atoms with Gasteiger partial charge in [-0.3, -0.25) is 4.79 Å². The first-order chi connectivity index (χ1) is 26.0. The van der Waals surface area contributed by atoms with E-state index in [2.05, 4.69) is 66.7 Å². The van der Waals surface area contributed by atoms with Crippen LogP contribution >= 0.6 is 0 Å². The van der Waals surface area contributed by atoms with Gasteiger partial charge in [0, 0.05) is 24.7 Å². The molecule has 1 aromatic carbocycles. The number of hydrogen-bond donors (Lipinski definition) is 0. The van der Waals surface area contributed by atoms with E-state index in [0.717, 1.165) is 60.2 Å². The number of ether oxygens (including phenoxy) is 3. The Labute approximate surface area is 330 Å². The van der Waals surface area contributed by atoms with Crippen LogP contribution < -0.4 is 10.3 Å². The van der Waals surface area contributed by atoms with Gasteiger partial charge in [-0.2, -0.15) is 0 Å². The average Bonchev–Trinajstić information content (AvgIpc) is 3.64. The fraction of sp³-hybridized carbons (Fsp3) is 0.711. The molecule has 1 saturated carbocycles. The Bertz CT molecular complexity index is 1440. The number of rotatable bonds is 24. The predicted molar refractivity (Wildman–Crippen MR) is 229 cm³/mol. The van der Waals surface area contributed by atoms with Crippen molar-refractivity contribution in [2.24, 2.45) is 7.05 Å². The number of aromatic nitrogens is 1. The van der Waals surface area contributed by atoms with E-state index in [1.807, 2.05) is 51.4 Å². The lowest BCUT2D eigenvalue weighted by molar-refractivity contribution is -0.172. The summed E-state index contributed by atoms with van der Waals surface area (Å²) in [5.74, 6) is -0.372. The fourth-order valence-electron chi connectivity index (χ4n) is 8.77. The summed E-state index contributed by atoms with van der Waals surface area (Å²) in [5, 5.41) is 0. The molecule has 54 heavy (non-hydrogen) atoms. The number of pyridine rings is 1. The number of allylic oxidation sites excluding steroid dienone is 1. The highest BCUT2D eigenvalue weighted by Crippen LogP contribution is 2.52. The lowest BCUT2D eigenvalue weighted by Gasteiger charge is -2.40. The lowest BCUT2D eigenvalue weighted by Crippen LogP contribution is -2.47. The first-order valence-electron chi connectivity index (χ1n) is 21.7. The molecule has 4 rings (SSSR count). The van der Waals surface area contributed by atoms with Crippen LogP contribution in [-0.2, 0) is 32.0 Å². The molecule has 2 aliphatic rings. The second-order valence-electron chi connectivity index (χ2n) is 16.4. The molecule has 1 aliphatic heterocycles. The molecule has 0 bridgehead atoms. The van der Waals surface area contributed by atoms with Crippen LogP contribution in [0.4, 0.5) is 0 Å². The molecule has 2 heterocycles. The molecule has 1 saturated heterocycles. The van der Waals surface area contributed by atoms with Crippen molar-refractivity contribution in [3.63, 3.8) is 0 Å². The highest BCUT2D eigenvalue weighted by Gasteiger charge is 2.63. The molecule has 9 heteroatoms. The molecule has 0 N–H and O–H groups in total. The van der Waals surface area contributed by atoms with Gasteiger partial charge >= 0.3 is 0 Å². The van der Waals surface area contributed by atoms with Crippen molar-refractivity contribution in [2.45, 2.75) is 199 Å². The van der Waals surface area contributed by atoms with Crippen LogP contribution in [0.3, 0.4) is 0 Å².